The van der Waals surface area contributed by atoms with E-state index in [0.29, 0.717) is 6.54 Å². The predicted octanol–water partition coefficient (Wildman–Crippen LogP) is 4.05. The second-order valence-electron chi connectivity index (χ2n) is 4.17. The van der Waals surface area contributed by atoms with Gasteiger partial charge in [-0.2, -0.15) is 0 Å². The largest absolute Gasteiger partial charge is 0.466 e. The van der Waals surface area contributed by atoms with Crippen LogP contribution in [0.3, 0.4) is 0 Å². The molecule has 5 heteroatoms. The van der Waals surface area contributed by atoms with Gasteiger partial charge in [0.2, 0.25) is 5.91 Å². The van der Waals surface area contributed by atoms with Gasteiger partial charge >= 0.3 is 0 Å². The first-order valence-corrected chi connectivity index (χ1v) is 7.47. The van der Waals surface area contributed by atoms with Gasteiger partial charge in [-0.05, 0) is 58.9 Å². The summed E-state index contributed by atoms with van der Waals surface area (Å²) in [6.07, 6.45) is 3.33. The smallest absolute Gasteiger partial charge is 0.244 e. The zero-order valence-corrected chi connectivity index (χ0v) is 13.1. The molecule has 0 aliphatic heterocycles. The Balaban J connectivity index is 1.88. The number of hydrogen-bond acceptors (Lipinski definition) is 3. The molecule has 2 heterocycles. The molecule has 0 bridgehead atoms. The number of aryl methyl sites for hydroxylation is 2. The number of amides is 1. The van der Waals surface area contributed by atoms with Gasteiger partial charge in [-0.1, -0.05) is 0 Å². The van der Waals surface area contributed by atoms with E-state index in [4.69, 9.17) is 4.42 Å². The van der Waals surface area contributed by atoms with Crippen LogP contribution in [0.15, 0.2) is 31.8 Å². The molecule has 2 aromatic heterocycles. The normalized spacial score (nSPS) is 11.1. The monoisotopic (exact) mass is 339 g/mol. The summed E-state index contributed by atoms with van der Waals surface area (Å²) >= 11 is 4.98. The Bertz CT molecular complexity index is 613. The average Bonchev–Trinajstić information content (AvgIpc) is 2.90. The number of halogens is 1. The van der Waals surface area contributed by atoms with Crippen molar-refractivity contribution in [2.45, 2.75) is 20.4 Å². The van der Waals surface area contributed by atoms with E-state index in [1.807, 2.05) is 31.4 Å². The molecule has 0 fully saturated rings. The summed E-state index contributed by atoms with van der Waals surface area (Å²) in [5.41, 5.74) is 2.03. The molecular formula is C14H14BrNO2S. The fourth-order valence-corrected chi connectivity index (χ4v) is 2.83. The summed E-state index contributed by atoms with van der Waals surface area (Å²) < 4.78 is 6.46. The summed E-state index contributed by atoms with van der Waals surface area (Å²) in [5.74, 6) is 1.60. The third kappa shape index (κ3) is 4.08. The Kier molecular flexibility index (Phi) is 4.61. The lowest BCUT2D eigenvalue weighted by atomic mass is 10.2. The molecule has 1 amide bonds. The zero-order valence-electron chi connectivity index (χ0n) is 10.7. The van der Waals surface area contributed by atoms with E-state index in [0.717, 1.165) is 26.4 Å². The molecule has 0 atom stereocenters. The Morgan fingerprint density at radius 1 is 1.47 bits per heavy atom. The maximum atomic E-state index is 11.7. The number of carbonyl (C=O) groups is 1. The summed E-state index contributed by atoms with van der Waals surface area (Å²) in [6.45, 7) is 4.28. The Labute approximate surface area is 124 Å². The molecule has 1 N–H and O–H groups in total. The number of nitrogens with one attached hydrogen (secondary N) is 1. The molecule has 0 spiro atoms. The molecule has 0 aliphatic rings. The molecule has 0 aliphatic carbocycles. The van der Waals surface area contributed by atoms with Gasteiger partial charge in [0.25, 0.3) is 0 Å². The maximum Gasteiger partial charge on any atom is 0.244 e. The molecule has 100 valence electrons. The van der Waals surface area contributed by atoms with Gasteiger partial charge in [0.05, 0.1) is 3.79 Å². The second kappa shape index (κ2) is 6.21. The van der Waals surface area contributed by atoms with Gasteiger partial charge in [0.15, 0.2) is 0 Å². The Morgan fingerprint density at radius 2 is 2.26 bits per heavy atom. The fraction of sp³-hybridized carbons (Fsp3) is 0.214. The van der Waals surface area contributed by atoms with E-state index >= 15 is 0 Å². The quantitative estimate of drug-likeness (QED) is 0.853. The topological polar surface area (TPSA) is 42.2 Å². The van der Waals surface area contributed by atoms with Crippen molar-refractivity contribution in [1.29, 1.82) is 0 Å². The summed E-state index contributed by atoms with van der Waals surface area (Å²) in [5, 5.41) is 4.82. The Morgan fingerprint density at radius 3 is 2.84 bits per heavy atom. The van der Waals surface area contributed by atoms with Crippen molar-refractivity contribution >= 4 is 39.2 Å². The predicted molar refractivity (Wildman–Crippen MR) is 81.1 cm³/mol. The third-order valence-electron chi connectivity index (χ3n) is 2.61. The van der Waals surface area contributed by atoms with Crippen molar-refractivity contribution in [3.8, 4) is 0 Å². The van der Waals surface area contributed by atoms with Crippen LogP contribution in [0, 0.1) is 13.8 Å². The van der Waals surface area contributed by atoms with Crippen LogP contribution in [0.4, 0.5) is 0 Å². The van der Waals surface area contributed by atoms with Gasteiger partial charge in [-0.15, -0.1) is 11.3 Å². The highest BCUT2D eigenvalue weighted by Crippen LogP contribution is 2.21. The lowest BCUT2D eigenvalue weighted by Gasteiger charge is -2.00. The number of hydrogen-bond donors (Lipinski definition) is 1. The lowest BCUT2D eigenvalue weighted by Crippen LogP contribution is -2.20. The van der Waals surface area contributed by atoms with Crippen molar-refractivity contribution in [1.82, 2.24) is 5.32 Å². The standard InChI is InChI=1S/C14H14BrNO2S/c1-9-5-12(10(2)18-9)7-16-14(17)4-3-11-6-13(15)19-8-11/h3-6,8H,7H2,1-2H3,(H,16,17)/b4-3+. The van der Waals surface area contributed by atoms with Crippen LogP contribution >= 0.6 is 27.3 Å². The van der Waals surface area contributed by atoms with E-state index < -0.39 is 0 Å². The SMILES string of the molecule is Cc1cc(CNC(=O)/C=C/c2csc(Br)c2)c(C)o1. The van der Waals surface area contributed by atoms with Gasteiger partial charge in [-0.25, -0.2) is 0 Å². The van der Waals surface area contributed by atoms with E-state index in [1.54, 1.807) is 17.4 Å². The summed E-state index contributed by atoms with van der Waals surface area (Å²) in [4.78, 5) is 11.7. The first kappa shape index (κ1) is 14.1. The van der Waals surface area contributed by atoms with Gasteiger partial charge in [0, 0.05) is 18.2 Å². The first-order valence-electron chi connectivity index (χ1n) is 5.80. The van der Waals surface area contributed by atoms with Crippen LogP contribution < -0.4 is 5.32 Å². The van der Waals surface area contributed by atoms with E-state index in [1.165, 1.54) is 6.08 Å². The molecular weight excluding hydrogens is 326 g/mol. The number of rotatable bonds is 4. The third-order valence-corrected chi connectivity index (χ3v) is 4.13. The lowest BCUT2D eigenvalue weighted by molar-refractivity contribution is -0.116. The Hall–Kier alpha value is -1.33. The van der Waals surface area contributed by atoms with Crippen molar-refractivity contribution in [2.75, 3.05) is 0 Å². The molecule has 3 nitrogen and oxygen atoms in total. The maximum absolute atomic E-state index is 11.7. The molecule has 19 heavy (non-hydrogen) atoms. The van der Waals surface area contributed by atoms with Crippen molar-refractivity contribution in [3.05, 3.63) is 50.0 Å². The molecule has 2 rings (SSSR count). The minimum atomic E-state index is -0.111. The average molecular weight is 340 g/mol. The van der Waals surface area contributed by atoms with Gasteiger partial charge < -0.3 is 9.73 Å². The molecule has 0 radical (unpaired) electrons. The number of furan rings is 1. The van der Waals surface area contributed by atoms with Crippen LogP contribution in [0.2, 0.25) is 0 Å². The minimum absolute atomic E-state index is 0.111. The molecule has 2 aromatic rings. The van der Waals surface area contributed by atoms with Crippen LogP contribution in [-0.2, 0) is 11.3 Å². The van der Waals surface area contributed by atoms with Crippen LogP contribution in [0.5, 0.6) is 0 Å². The highest BCUT2D eigenvalue weighted by atomic mass is 79.9. The summed E-state index contributed by atoms with van der Waals surface area (Å²) in [7, 11) is 0. The fourth-order valence-electron chi connectivity index (χ4n) is 1.68. The first-order chi connectivity index (χ1) is 9.04. The summed E-state index contributed by atoms with van der Waals surface area (Å²) in [6, 6.07) is 3.91. The van der Waals surface area contributed by atoms with E-state index in [-0.39, 0.29) is 5.91 Å². The zero-order chi connectivity index (χ0) is 13.8. The minimum Gasteiger partial charge on any atom is -0.466 e. The van der Waals surface area contributed by atoms with Gasteiger partial charge in [0.1, 0.15) is 11.5 Å². The van der Waals surface area contributed by atoms with E-state index in [2.05, 4.69) is 21.2 Å². The molecule has 0 unspecified atom stereocenters. The van der Waals surface area contributed by atoms with E-state index in [9.17, 15) is 4.79 Å². The van der Waals surface area contributed by atoms with Gasteiger partial charge in [-0.3, -0.25) is 4.79 Å². The highest BCUT2D eigenvalue weighted by Gasteiger charge is 2.05. The number of thiophene rings is 1. The second-order valence-corrected chi connectivity index (χ2v) is 6.46. The van der Waals surface area contributed by atoms with Crippen LogP contribution in [0.25, 0.3) is 6.08 Å². The molecule has 0 saturated heterocycles. The molecule has 0 aromatic carbocycles. The highest BCUT2D eigenvalue weighted by molar-refractivity contribution is 9.11. The van der Waals surface area contributed by atoms with Crippen LogP contribution in [-0.4, -0.2) is 5.91 Å². The van der Waals surface area contributed by atoms with Crippen LogP contribution in [0.1, 0.15) is 22.6 Å². The molecule has 0 saturated carbocycles. The van der Waals surface area contributed by atoms with Crippen molar-refractivity contribution in [3.63, 3.8) is 0 Å². The van der Waals surface area contributed by atoms with Crippen molar-refractivity contribution < 1.29 is 9.21 Å². The number of carbonyl (C=O) groups excluding carboxylic acids is 1. The van der Waals surface area contributed by atoms with Crippen molar-refractivity contribution in [2.24, 2.45) is 0 Å².